The Morgan fingerprint density at radius 2 is 1.78 bits per heavy atom. The van der Waals surface area contributed by atoms with Crippen molar-refractivity contribution in [3.05, 3.63) is 53.1 Å². The fourth-order valence-electron chi connectivity index (χ4n) is 2.02. The van der Waals surface area contributed by atoms with Crippen molar-refractivity contribution in [2.45, 2.75) is 6.18 Å². The van der Waals surface area contributed by atoms with Crippen molar-refractivity contribution in [1.29, 1.82) is 0 Å². The largest absolute Gasteiger partial charge is 0.482 e. The van der Waals surface area contributed by atoms with Crippen LogP contribution in [0.25, 0.3) is 0 Å². The first-order valence-electron chi connectivity index (χ1n) is 7.57. The number of carbonyl (C=O) groups excluding carboxylic acids is 2. The molecule has 0 atom stereocenters. The molecule has 2 aromatic carbocycles. The van der Waals surface area contributed by atoms with Crippen molar-refractivity contribution in [1.82, 2.24) is 0 Å². The van der Waals surface area contributed by atoms with Gasteiger partial charge < -0.3 is 21.1 Å². The first kappa shape index (κ1) is 20.4. The molecule has 0 aromatic heterocycles. The van der Waals surface area contributed by atoms with Crippen LogP contribution >= 0.6 is 11.6 Å². The number of ether oxygens (including phenoxy) is 1. The first-order valence-corrected chi connectivity index (χ1v) is 7.94. The topological polar surface area (TPSA) is 93.5 Å². The number of hydrogen-bond donors (Lipinski definition) is 3. The van der Waals surface area contributed by atoms with Gasteiger partial charge >= 0.3 is 6.18 Å². The van der Waals surface area contributed by atoms with Crippen LogP contribution in [-0.2, 0) is 4.79 Å². The average Bonchev–Trinajstić information content (AvgIpc) is 2.58. The SMILES string of the molecule is NC(=O)c1ccc(NC(=O)CNc2cc(Cl)ccc2OCC(F)(F)F)cc1. The van der Waals surface area contributed by atoms with Crippen LogP contribution in [0.5, 0.6) is 5.75 Å². The van der Waals surface area contributed by atoms with Gasteiger partial charge in [-0.2, -0.15) is 13.2 Å². The second-order valence-corrected chi connectivity index (χ2v) is 5.82. The highest BCUT2D eigenvalue weighted by Crippen LogP contribution is 2.29. The fourth-order valence-corrected chi connectivity index (χ4v) is 2.20. The average molecular weight is 402 g/mol. The molecule has 0 bridgehead atoms. The molecule has 2 rings (SSSR count). The van der Waals surface area contributed by atoms with Crippen molar-refractivity contribution in [3.8, 4) is 5.75 Å². The quantitative estimate of drug-likeness (QED) is 0.662. The fraction of sp³-hybridized carbons (Fsp3) is 0.176. The molecule has 6 nitrogen and oxygen atoms in total. The van der Waals surface area contributed by atoms with Crippen molar-refractivity contribution < 1.29 is 27.5 Å². The normalized spacial score (nSPS) is 11.0. The second kappa shape index (κ2) is 8.63. The van der Waals surface area contributed by atoms with E-state index in [1.54, 1.807) is 0 Å². The third-order valence-corrected chi connectivity index (χ3v) is 3.46. The smallest absolute Gasteiger partial charge is 0.422 e. The third kappa shape index (κ3) is 6.70. The number of amides is 2. The molecule has 0 heterocycles. The predicted molar refractivity (Wildman–Crippen MR) is 95.1 cm³/mol. The highest BCUT2D eigenvalue weighted by Gasteiger charge is 2.28. The van der Waals surface area contributed by atoms with Crippen LogP contribution in [0.3, 0.4) is 0 Å². The van der Waals surface area contributed by atoms with Crippen molar-refractivity contribution in [2.24, 2.45) is 5.73 Å². The maximum Gasteiger partial charge on any atom is 0.422 e. The van der Waals surface area contributed by atoms with Gasteiger partial charge in [-0.05, 0) is 42.5 Å². The Hall–Kier alpha value is -2.94. The predicted octanol–water partition coefficient (Wildman–Crippen LogP) is 3.43. The molecule has 0 aliphatic rings. The molecule has 10 heteroatoms. The zero-order valence-corrected chi connectivity index (χ0v) is 14.5. The molecule has 0 saturated carbocycles. The molecule has 144 valence electrons. The summed E-state index contributed by atoms with van der Waals surface area (Å²) in [5.41, 5.74) is 5.98. The van der Waals surface area contributed by atoms with Gasteiger partial charge in [-0.3, -0.25) is 9.59 Å². The van der Waals surface area contributed by atoms with Crippen molar-refractivity contribution >= 4 is 34.8 Å². The van der Waals surface area contributed by atoms with E-state index in [1.165, 1.54) is 42.5 Å². The van der Waals surface area contributed by atoms with Crippen molar-refractivity contribution in [3.63, 3.8) is 0 Å². The molecule has 0 fully saturated rings. The lowest BCUT2D eigenvalue weighted by Crippen LogP contribution is -2.23. The number of alkyl halides is 3. The minimum absolute atomic E-state index is 0.0877. The maximum atomic E-state index is 12.3. The van der Waals surface area contributed by atoms with Gasteiger partial charge in [0.2, 0.25) is 11.8 Å². The van der Waals surface area contributed by atoms with Crippen LogP contribution in [0, 0.1) is 0 Å². The Kier molecular flexibility index (Phi) is 6.51. The van der Waals surface area contributed by atoms with Crippen LogP contribution in [-0.4, -0.2) is 31.1 Å². The summed E-state index contributed by atoms with van der Waals surface area (Å²) in [6, 6.07) is 9.89. The highest BCUT2D eigenvalue weighted by molar-refractivity contribution is 6.31. The van der Waals surface area contributed by atoms with Gasteiger partial charge in [0.1, 0.15) is 5.75 Å². The molecule has 0 aliphatic heterocycles. The van der Waals surface area contributed by atoms with Gasteiger partial charge in [-0.25, -0.2) is 0 Å². The van der Waals surface area contributed by atoms with E-state index in [2.05, 4.69) is 10.6 Å². The molecule has 0 aliphatic carbocycles. The summed E-state index contributed by atoms with van der Waals surface area (Å²) in [6.45, 7) is -1.72. The number of nitrogens with one attached hydrogen (secondary N) is 2. The standard InChI is InChI=1S/C17H15ClF3N3O3/c18-11-3-6-14(27-9-17(19,20)21)13(7-11)23-8-15(25)24-12-4-1-10(2-5-12)16(22)26/h1-7,23H,8-9H2,(H2,22,26)(H,24,25). The third-order valence-electron chi connectivity index (χ3n) is 3.23. The Bertz CT molecular complexity index is 826. The minimum Gasteiger partial charge on any atom is -0.482 e. The molecule has 2 amide bonds. The lowest BCUT2D eigenvalue weighted by molar-refractivity contribution is -0.153. The van der Waals surface area contributed by atoms with E-state index in [4.69, 9.17) is 22.1 Å². The lowest BCUT2D eigenvalue weighted by atomic mass is 10.2. The monoisotopic (exact) mass is 401 g/mol. The van der Waals surface area contributed by atoms with E-state index in [0.717, 1.165) is 0 Å². The first-order chi connectivity index (χ1) is 12.6. The van der Waals surface area contributed by atoms with Crippen LogP contribution in [0.2, 0.25) is 5.02 Å². The van der Waals surface area contributed by atoms with Gasteiger partial charge in [-0.1, -0.05) is 11.6 Å². The van der Waals surface area contributed by atoms with Gasteiger partial charge in [0.15, 0.2) is 6.61 Å². The molecular formula is C17H15ClF3N3O3. The summed E-state index contributed by atoms with van der Waals surface area (Å²) in [4.78, 5) is 23.0. The summed E-state index contributed by atoms with van der Waals surface area (Å²) >= 11 is 5.84. The number of anilines is 2. The number of rotatable bonds is 7. The van der Waals surface area contributed by atoms with Gasteiger partial charge in [-0.15, -0.1) is 0 Å². The summed E-state index contributed by atoms with van der Waals surface area (Å²) in [6.07, 6.45) is -4.49. The molecule has 0 saturated heterocycles. The summed E-state index contributed by atoms with van der Waals surface area (Å²) < 4.78 is 41.7. The minimum atomic E-state index is -4.49. The summed E-state index contributed by atoms with van der Waals surface area (Å²) in [5.74, 6) is -1.15. The van der Waals surface area contributed by atoms with Gasteiger partial charge in [0.05, 0.1) is 12.2 Å². The zero-order chi connectivity index (χ0) is 20.0. The van der Waals surface area contributed by atoms with E-state index >= 15 is 0 Å². The van der Waals surface area contributed by atoms with E-state index in [-0.39, 0.29) is 28.6 Å². The number of nitrogens with two attached hydrogens (primary N) is 1. The number of benzene rings is 2. The van der Waals surface area contributed by atoms with E-state index in [0.29, 0.717) is 5.69 Å². The maximum absolute atomic E-state index is 12.3. The van der Waals surface area contributed by atoms with E-state index < -0.39 is 24.6 Å². The Labute approximate surface area is 157 Å². The second-order valence-electron chi connectivity index (χ2n) is 5.39. The Balaban J connectivity index is 1.97. The van der Waals surface area contributed by atoms with Crippen LogP contribution < -0.4 is 21.1 Å². The van der Waals surface area contributed by atoms with Crippen LogP contribution in [0.15, 0.2) is 42.5 Å². The number of halogens is 4. The molecule has 4 N–H and O–H groups in total. The van der Waals surface area contributed by atoms with Gasteiger partial charge in [0.25, 0.3) is 0 Å². The van der Waals surface area contributed by atoms with Crippen LogP contribution in [0.1, 0.15) is 10.4 Å². The number of carbonyl (C=O) groups is 2. The molecule has 2 aromatic rings. The molecule has 27 heavy (non-hydrogen) atoms. The van der Waals surface area contributed by atoms with Crippen molar-refractivity contribution in [2.75, 3.05) is 23.8 Å². The molecular weight excluding hydrogens is 387 g/mol. The van der Waals surface area contributed by atoms with Gasteiger partial charge in [0, 0.05) is 16.3 Å². The lowest BCUT2D eigenvalue weighted by Gasteiger charge is -2.15. The molecule has 0 radical (unpaired) electrons. The summed E-state index contributed by atoms with van der Waals surface area (Å²) in [7, 11) is 0. The molecule has 0 spiro atoms. The Morgan fingerprint density at radius 1 is 1.11 bits per heavy atom. The van der Waals surface area contributed by atoms with E-state index in [9.17, 15) is 22.8 Å². The molecule has 0 unspecified atom stereocenters. The van der Waals surface area contributed by atoms with Crippen LogP contribution in [0.4, 0.5) is 24.5 Å². The zero-order valence-electron chi connectivity index (χ0n) is 13.8. The summed E-state index contributed by atoms with van der Waals surface area (Å²) in [5, 5.41) is 5.50. The highest BCUT2D eigenvalue weighted by atomic mass is 35.5. The van der Waals surface area contributed by atoms with E-state index in [1.807, 2.05) is 0 Å². The number of primary amides is 1. The number of hydrogen-bond acceptors (Lipinski definition) is 4. The Morgan fingerprint density at radius 3 is 2.37 bits per heavy atom.